The molecule has 0 saturated carbocycles. The van der Waals surface area contributed by atoms with E-state index in [0.717, 1.165) is 0 Å². The van der Waals surface area contributed by atoms with Crippen molar-refractivity contribution >= 4 is 41.2 Å². The lowest BCUT2D eigenvalue weighted by molar-refractivity contribution is -0.115. The highest BCUT2D eigenvalue weighted by molar-refractivity contribution is 7.90. The summed E-state index contributed by atoms with van der Waals surface area (Å²) in [6.07, 6.45) is 8.74. The van der Waals surface area contributed by atoms with Gasteiger partial charge in [0.05, 0.1) is 4.90 Å². The Balaban J connectivity index is 0.00000176. The lowest BCUT2D eigenvalue weighted by atomic mass is 9.93. The van der Waals surface area contributed by atoms with Crippen molar-refractivity contribution in [3.05, 3.63) is 60.2 Å². The summed E-state index contributed by atoms with van der Waals surface area (Å²) >= 11 is 4.05. The number of hydrazine groups is 1. The largest absolute Gasteiger partial charge is 0.310 e. The van der Waals surface area contributed by atoms with Crippen molar-refractivity contribution in [3.63, 3.8) is 0 Å². The van der Waals surface area contributed by atoms with Crippen molar-refractivity contribution in [2.45, 2.75) is 18.7 Å². The van der Waals surface area contributed by atoms with E-state index in [9.17, 15) is 13.2 Å². The number of hydrogen-bond acceptors (Lipinski definition) is 7. The van der Waals surface area contributed by atoms with Crippen LogP contribution in [0.25, 0.3) is 0 Å². The van der Waals surface area contributed by atoms with Crippen molar-refractivity contribution in [1.82, 2.24) is 9.14 Å². The zero-order valence-corrected chi connectivity index (χ0v) is 17.0. The van der Waals surface area contributed by atoms with E-state index in [2.05, 4.69) is 23.0 Å². The number of nitrogens with one attached hydrogen (secondary N) is 2. The van der Waals surface area contributed by atoms with Gasteiger partial charge in [0.25, 0.3) is 15.9 Å². The van der Waals surface area contributed by atoms with E-state index in [1.165, 1.54) is 16.5 Å². The zero-order valence-electron chi connectivity index (χ0n) is 15.3. The van der Waals surface area contributed by atoms with Crippen LogP contribution in [0, 0.1) is 5.41 Å². The molecule has 0 saturated heterocycles. The SMILES string of the molecule is C=O.CN(S)Nc1ccc(S(=O)(=O)NC(=O)C2=CC=CC(C)(C)C=C2)cc1. The first-order valence-corrected chi connectivity index (χ1v) is 9.71. The highest BCUT2D eigenvalue weighted by Gasteiger charge is 2.20. The van der Waals surface area contributed by atoms with Gasteiger partial charge in [0.15, 0.2) is 0 Å². The van der Waals surface area contributed by atoms with Crippen molar-refractivity contribution in [3.8, 4) is 0 Å². The third-order valence-electron chi connectivity index (χ3n) is 3.44. The Kier molecular flexibility index (Phi) is 8.01. The molecule has 1 amide bonds. The number of carbonyl (C=O) groups is 2. The average Bonchev–Trinajstić information content (AvgIpc) is 2.77. The summed E-state index contributed by atoms with van der Waals surface area (Å²) in [5, 5.41) is 0. The minimum absolute atomic E-state index is 0.00212. The number of thiol groups is 1. The topological polar surface area (TPSA) is 95.6 Å². The van der Waals surface area contributed by atoms with Crippen LogP contribution >= 0.6 is 12.8 Å². The molecule has 27 heavy (non-hydrogen) atoms. The first-order chi connectivity index (χ1) is 12.6. The Morgan fingerprint density at radius 2 is 1.74 bits per heavy atom. The fourth-order valence-corrected chi connectivity index (χ4v) is 3.19. The second-order valence-corrected chi connectivity index (χ2v) is 8.51. The molecule has 146 valence electrons. The van der Waals surface area contributed by atoms with Gasteiger partial charge >= 0.3 is 0 Å². The number of sulfonamides is 1. The van der Waals surface area contributed by atoms with E-state index in [1.807, 2.05) is 32.8 Å². The second-order valence-electron chi connectivity index (χ2n) is 6.23. The van der Waals surface area contributed by atoms with E-state index in [-0.39, 0.29) is 15.9 Å². The van der Waals surface area contributed by atoms with Crippen LogP contribution in [0.3, 0.4) is 0 Å². The molecule has 0 bridgehead atoms. The normalized spacial score (nSPS) is 15.2. The molecule has 0 heterocycles. The van der Waals surface area contributed by atoms with E-state index in [4.69, 9.17) is 4.79 Å². The van der Waals surface area contributed by atoms with Crippen molar-refractivity contribution in [1.29, 1.82) is 0 Å². The Labute approximate surface area is 165 Å². The molecule has 0 spiro atoms. The molecule has 1 aromatic rings. The quantitative estimate of drug-likeness (QED) is 0.511. The molecule has 0 aliphatic heterocycles. The fourth-order valence-electron chi connectivity index (χ4n) is 2.10. The maximum absolute atomic E-state index is 12.4. The van der Waals surface area contributed by atoms with Crippen LogP contribution < -0.4 is 10.1 Å². The smallest absolute Gasteiger partial charge is 0.264 e. The third kappa shape index (κ3) is 7.05. The van der Waals surface area contributed by atoms with Gasteiger partial charge in [-0.2, -0.15) is 4.41 Å². The summed E-state index contributed by atoms with van der Waals surface area (Å²) in [6.45, 7) is 5.98. The molecule has 0 unspecified atom stereocenters. The molecule has 0 fully saturated rings. The number of carbonyl (C=O) groups excluding carboxylic acids is 2. The van der Waals surface area contributed by atoms with Crippen molar-refractivity contribution in [2.75, 3.05) is 12.5 Å². The van der Waals surface area contributed by atoms with Gasteiger partial charge in [0.1, 0.15) is 6.79 Å². The van der Waals surface area contributed by atoms with Crippen molar-refractivity contribution in [2.24, 2.45) is 5.41 Å². The van der Waals surface area contributed by atoms with Crippen LogP contribution in [0.1, 0.15) is 13.8 Å². The minimum Gasteiger partial charge on any atom is -0.310 e. The monoisotopic (exact) mass is 409 g/mol. The van der Waals surface area contributed by atoms with Gasteiger partial charge < -0.3 is 10.2 Å². The fraction of sp³-hybridized carbons (Fsp3) is 0.222. The van der Waals surface area contributed by atoms with E-state index in [1.54, 1.807) is 37.4 Å². The molecule has 1 aliphatic carbocycles. The molecule has 2 N–H and O–H groups in total. The molecule has 9 heteroatoms. The summed E-state index contributed by atoms with van der Waals surface area (Å²) < 4.78 is 28.3. The van der Waals surface area contributed by atoms with Gasteiger partial charge in [-0.05, 0) is 30.3 Å². The Bertz CT molecular complexity index is 855. The summed E-state index contributed by atoms with van der Waals surface area (Å²) in [4.78, 5) is 20.3. The van der Waals surface area contributed by atoms with Crippen LogP contribution in [-0.4, -0.2) is 32.6 Å². The zero-order chi connectivity index (χ0) is 20.7. The van der Waals surface area contributed by atoms with Crippen LogP contribution in [-0.2, 0) is 19.6 Å². The van der Waals surface area contributed by atoms with Gasteiger partial charge in [-0.15, -0.1) is 0 Å². The number of benzene rings is 1. The van der Waals surface area contributed by atoms with E-state index >= 15 is 0 Å². The molecule has 0 atom stereocenters. The van der Waals surface area contributed by atoms with Crippen LogP contribution in [0.4, 0.5) is 5.69 Å². The van der Waals surface area contributed by atoms with Crippen molar-refractivity contribution < 1.29 is 18.0 Å². The number of amides is 1. The maximum atomic E-state index is 12.4. The lowest BCUT2D eigenvalue weighted by Crippen LogP contribution is -2.31. The first-order valence-electron chi connectivity index (χ1n) is 7.83. The second kappa shape index (κ2) is 9.54. The molecule has 1 aliphatic rings. The molecular weight excluding hydrogens is 386 g/mol. The standard InChI is InChI=1S/C17H21N3O3S2.CH2O/c1-17(2)11-4-5-13(10-12-17)16(21)19-25(22,23)15-8-6-14(7-9-15)18-20(3)24;1-2/h4-12,18,24H,1-3H3,(H,19,21);1H2. The summed E-state index contributed by atoms with van der Waals surface area (Å²) in [7, 11) is -2.26. The number of allylic oxidation sites excluding steroid dienone is 4. The molecular formula is C18H23N3O4S2. The number of hydrogen-bond donors (Lipinski definition) is 3. The van der Waals surface area contributed by atoms with Gasteiger partial charge in [0.2, 0.25) is 0 Å². The minimum atomic E-state index is -3.95. The highest BCUT2D eigenvalue weighted by atomic mass is 32.2. The van der Waals surface area contributed by atoms with Crippen LogP contribution in [0.2, 0.25) is 0 Å². The van der Waals surface area contributed by atoms with Crippen LogP contribution in [0.5, 0.6) is 0 Å². The molecule has 7 nitrogen and oxygen atoms in total. The third-order valence-corrected chi connectivity index (χ3v) is 4.89. The molecule has 2 rings (SSSR count). The highest BCUT2D eigenvalue weighted by Crippen LogP contribution is 2.23. The summed E-state index contributed by atoms with van der Waals surface area (Å²) in [5.41, 5.74) is 3.63. The molecule has 0 radical (unpaired) electrons. The summed E-state index contributed by atoms with van der Waals surface area (Å²) in [5.74, 6) is -0.670. The average molecular weight is 410 g/mol. The van der Waals surface area contributed by atoms with Gasteiger partial charge in [-0.1, -0.05) is 51.0 Å². The number of rotatable bonds is 5. The lowest BCUT2D eigenvalue weighted by Gasteiger charge is -2.13. The predicted octanol–water partition coefficient (Wildman–Crippen LogP) is 2.49. The van der Waals surface area contributed by atoms with Crippen LogP contribution in [0.15, 0.2) is 65.1 Å². The summed E-state index contributed by atoms with van der Waals surface area (Å²) in [6, 6.07) is 5.99. The number of anilines is 1. The molecule has 0 aromatic heterocycles. The van der Waals surface area contributed by atoms with Gasteiger partial charge in [-0.3, -0.25) is 4.79 Å². The first kappa shape index (κ1) is 22.7. The van der Waals surface area contributed by atoms with E-state index in [0.29, 0.717) is 5.69 Å². The molecule has 1 aromatic carbocycles. The number of nitrogens with zero attached hydrogens (tertiary/aromatic N) is 1. The maximum Gasteiger partial charge on any atom is 0.264 e. The Morgan fingerprint density at radius 3 is 2.30 bits per heavy atom. The van der Waals surface area contributed by atoms with Gasteiger partial charge in [0, 0.05) is 23.7 Å². The van der Waals surface area contributed by atoms with E-state index < -0.39 is 15.9 Å². The van der Waals surface area contributed by atoms with Gasteiger partial charge in [-0.25, -0.2) is 13.1 Å². The Morgan fingerprint density at radius 1 is 1.15 bits per heavy atom. The Hall–Kier alpha value is -2.36. The predicted molar refractivity (Wildman–Crippen MR) is 109 cm³/mol.